The zero-order valence-corrected chi connectivity index (χ0v) is 22.2. The van der Waals surface area contributed by atoms with E-state index >= 15 is 0 Å². The molecular formula is C26H29ClN4O3S. The summed E-state index contributed by atoms with van der Waals surface area (Å²) in [6.45, 7) is 11.0. The van der Waals surface area contributed by atoms with Crippen LogP contribution in [0.1, 0.15) is 35.5 Å². The molecule has 0 N–H and O–H groups in total. The van der Waals surface area contributed by atoms with Crippen LogP contribution in [-0.4, -0.2) is 54.2 Å². The second kappa shape index (κ2) is 10.8. The summed E-state index contributed by atoms with van der Waals surface area (Å²) in [5.74, 6) is 0.899. The second-order valence-corrected chi connectivity index (χ2v) is 9.57. The first-order valence-corrected chi connectivity index (χ1v) is 12.8. The average molecular weight is 513 g/mol. The first-order chi connectivity index (χ1) is 16.9. The fourth-order valence-electron chi connectivity index (χ4n) is 4.04. The molecule has 0 aliphatic carbocycles. The number of nitrogens with zero attached hydrogens (tertiary/aromatic N) is 4. The Kier molecular flexibility index (Phi) is 7.74. The van der Waals surface area contributed by atoms with Gasteiger partial charge >= 0.3 is 0 Å². The number of methoxy groups -OCH3 is 1. The molecule has 1 amide bonds. The number of carbonyl (C=O) groups is 1. The Bertz CT molecular complexity index is 1350. The van der Waals surface area contributed by atoms with Crippen LogP contribution in [0.15, 0.2) is 40.9 Å². The number of fused-ring (bicyclic) bond motifs is 1. The Morgan fingerprint density at radius 1 is 1.11 bits per heavy atom. The molecule has 4 aromatic rings. The molecule has 4 rings (SSSR count). The molecule has 0 fully saturated rings. The molecule has 0 atom stereocenters. The third-order valence-electron chi connectivity index (χ3n) is 6.13. The van der Waals surface area contributed by atoms with E-state index in [1.54, 1.807) is 25.0 Å². The monoisotopic (exact) mass is 512 g/mol. The Labute approximate surface area is 214 Å². The van der Waals surface area contributed by atoms with Crippen molar-refractivity contribution < 1.29 is 14.1 Å². The summed E-state index contributed by atoms with van der Waals surface area (Å²) in [7, 11) is 1.63. The van der Waals surface area contributed by atoms with Crippen LogP contribution < -0.4 is 9.64 Å². The summed E-state index contributed by atoms with van der Waals surface area (Å²) in [5.41, 5.74) is 3.31. The normalized spacial score (nSPS) is 11.4. The van der Waals surface area contributed by atoms with Crippen LogP contribution in [0.2, 0.25) is 5.02 Å². The molecular weight excluding hydrogens is 484 g/mol. The van der Waals surface area contributed by atoms with Crippen molar-refractivity contribution in [2.45, 2.75) is 27.7 Å². The van der Waals surface area contributed by atoms with Crippen LogP contribution in [0.25, 0.3) is 21.5 Å². The van der Waals surface area contributed by atoms with E-state index in [1.807, 2.05) is 37.3 Å². The summed E-state index contributed by atoms with van der Waals surface area (Å²) in [5, 5.41) is 5.31. The number of halogens is 1. The number of anilines is 1. The summed E-state index contributed by atoms with van der Waals surface area (Å²) in [4.78, 5) is 23.0. The van der Waals surface area contributed by atoms with Gasteiger partial charge in [-0.25, -0.2) is 4.98 Å². The molecule has 0 aliphatic heterocycles. The molecule has 0 saturated carbocycles. The molecule has 2 heterocycles. The molecule has 2 aromatic carbocycles. The van der Waals surface area contributed by atoms with E-state index in [2.05, 4.69) is 23.9 Å². The summed E-state index contributed by atoms with van der Waals surface area (Å²) in [6, 6.07) is 11.2. The number of likely N-dealkylation sites (N-methyl/N-ethyl adjacent to an activating group) is 1. The lowest BCUT2D eigenvalue weighted by Crippen LogP contribution is -2.39. The molecule has 7 nitrogen and oxygen atoms in total. The van der Waals surface area contributed by atoms with E-state index in [0.717, 1.165) is 28.9 Å². The van der Waals surface area contributed by atoms with E-state index in [0.29, 0.717) is 51.6 Å². The quantitative estimate of drug-likeness (QED) is 0.265. The SMILES string of the molecule is CCN(CC)CCN(C(=O)c1c(-c2ccccc2Cl)noc1C)c1nc2c(OC)ccc(C)c2s1. The third kappa shape index (κ3) is 4.91. The van der Waals surface area contributed by atoms with E-state index in [4.69, 9.17) is 25.8 Å². The predicted octanol–water partition coefficient (Wildman–Crippen LogP) is 6.22. The first-order valence-electron chi connectivity index (χ1n) is 11.6. The number of aromatic nitrogens is 2. The fraction of sp³-hybridized carbons (Fsp3) is 0.346. The van der Waals surface area contributed by atoms with Crippen LogP contribution in [-0.2, 0) is 0 Å². The van der Waals surface area contributed by atoms with Gasteiger partial charge in [-0.2, -0.15) is 0 Å². The lowest BCUT2D eigenvalue weighted by atomic mass is 10.1. The van der Waals surface area contributed by atoms with Crippen molar-refractivity contribution in [2.75, 3.05) is 38.2 Å². The van der Waals surface area contributed by atoms with Gasteiger partial charge in [0.25, 0.3) is 5.91 Å². The Morgan fingerprint density at radius 3 is 2.54 bits per heavy atom. The van der Waals surface area contributed by atoms with Gasteiger partial charge in [0, 0.05) is 18.7 Å². The van der Waals surface area contributed by atoms with Gasteiger partial charge in [-0.1, -0.05) is 66.2 Å². The molecule has 0 unspecified atom stereocenters. The Morgan fingerprint density at radius 2 is 1.86 bits per heavy atom. The number of carbonyl (C=O) groups excluding carboxylic acids is 1. The lowest BCUT2D eigenvalue weighted by molar-refractivity contribution is 0.0983. The molecule has 0 saturated heterocycles. The second-order valence-electron chi connectivity index (χ2n) is 8.18. The number of rotatable bonds is 9. The molecule has 0 spiro atoms. The standard InChI is InChI=1S/C26H29ClN4O3S/c1-6-30(7-2)14-15-31(26-28-23-20(33-5)13-12-16(3)24(23)35-26)25(32)21-17(4)34-29-22(21)18-10-8-9-11-19(18)27/h8-13H,6-7,14-15H2,1-5H3. The van der Waals surface area contributed by atoms with Gasteiger partial charge in [0.1, 0.15) is 28.3 Å². The molecule has 0 radical (unpaired) electrons. The highest BCUT2D eigenvalue weighted by molar-refractivity contribution is 7.22. The minimum atomic E-state index is -0.221. The third-order valence-corrected chi connectivity index (χ3v) is 7.67. The van der Waals surface area contributed by atoms with Crippen molar-refractivity contribution in [3.05, 3.63) is 58.3 Å². The number of hydrogen-bond donors (Lipinski definition) is 0. The zero-order valence-electron chi connectivity index (χ0n) is 20.6. The minimum absolute atomic E-state index is 0.221. The summed E-state index contributed by atoms with van der Waals surface area (Å²) < 4.78 is 12.0. The van der Waals surface area contributed by atoms with Crippen molar-refractivity contribution >= 4 is 44.2 Å². The van der Waals surface area contributed by atoms with E-state index in [1.165, 1.54) is 11.3 Å². The van der Waals surface area contributed by atoms with Crippen molar-refractivity contribution in [3.8, 4) is 17.0 Å². The summed E-state index contributed by atoms with van der Waals surface area (Å²) >= 11 is 7.93. The molecule has 2 aromatic heterocycles. The molecule has 0 aliphatic rings. The summed E-state index contributed by atoms with van der Waals surface area (Å²) in [6.07, 6.45) is 0. The van der Waals surface area contributed by atoms with Crippen molar-refractivity contribution in [2.24, 2.45) is 0 Å². The Hall–Kier alpha value is -2.94. The zero-order chi connectivity index (χ0) is 25.1. The number of ether oxygens (including phenoxy) is 1. The molecule has 35 heavy (non-hydrogen) atoms. The first kappa shape index (κ1) is 25.2. The number of hydrogen-bond acceptors (Lipinski definition) is 7. The van der Waals surface area contributed by atoms with Gasteiger partial charge in [0.15, 0.2) is 5.13 Å². The van der Waals surface area contributed by atoms with Crippen LogP contribution >= 0.6 is 22.9 Å². The van der Waals surface area contributed by atoms with Gasteiger partial charge in [0.2, 0.25) is 0 Å². The van der Waals surface area contributed by atoms with Gasteiger partial charge in [-0.3, -0.25) is 9.69 Å². The van der Waals surface area contributed by atoms with Gasteiger partial charge in [-0.15, -0.1) is 0 Å². The van der Waals surface area contributed by atoms with Crippen LogP contribution in [0.3, 0.4) is 0 Å². The highest BCUT2D eigenvalue weighted by Crippen LogP contribution is 2.38. The highest BCUT2D eigenvalue weighted by atomic mass is 35.5. The largest absolute Gasteiger partial charge is 0.494 e. The van der Waals surface area contributed by atoms with Crippen molar-refractivity contribution in [1.29, 1.82) is 0 Å². The van der Waals surface area contributed by atoms with E-state index in [9.17, 15) is 4.79 Å². The number of thiazole rings is 1. The maximum atomic E-state index is 14.1. The van der Waals surface area contributed by atoms with E-state index < -0.39 is 0 Å². The minimum Gasteiger partial charge on any atom is -0.494 e. The predicted molar refractivity (Wildman–Crippen MR) is 142 cm³/mol. The molecule has 0 bridgehead atoms. The van der Waals surface area contributed by atoms with E-state index in [-0.39, 0.29) is 5.91 Å². The maximum Gasteiger partial charge on any atom is 0.266 e. The van der Waals surface area contributed by atoms with Crippen molar-refractivity contribution in [3.63, 3.8) is 0 Å². The average Bonchev–Trinajstić information content (AvgIpc) is 3.47. The Balaban J connectivity index is 1.83. The van der Waals surface area contributed by atoms with Gasteiger partial charge < -0.3 is 14.2 Å². The van der Waals surface area contributed by atoms with Crippen LogP contribution in [0.5, 0.6) is 5.75 Å². The fourth-order valence-corrected chi connectivity index (χ4v) is 5.34. The lowest BCUT2D eigenvalue weighted by Gasteiger charge is -2.24. The topological polar surface area (TPSA) is 71.7 Å². The maximum absolute atomic E-state index is 14.1. The molecule has 9 heteroatoms. The smallest absolute Gasteiger partial charge is 0.266 e. The number of amides is 1. The van der Waals surface area contributed by atoms with Gasteiger partial charge in [-0.05, 0) is 44.6 Å². The number of benzene rings is 2. The van der Waals surface area contributed by atoms with Crippen LogP contribution in [0.4, 0.5) is 5.13 Å². The van der Waals surface area contributed by atoms with Crippen LogP contribution in [0, 0.1) is 13.8 Å². The van der Waals surface area contributed by atoms with Crippen molar-refractivity contribution in [1.82, 2.24) is 15.0 Å². The number of aryl methyl sites for hydroxylation is 2. The van der Waals surface area contributed by atoms with Gasteiger partial charge in [0.05, 0.1) is 16.8 Å². The molecule has 184 valence electrons. The highest BCUT2D eigenvalue weighted by Gasteiger charge is 2.30.